The second-order valence-electron chi connectivity index (χ2n) is 4.77. The zero-order valence-corrected chi connectivity index (χ0v) is 12.0. The minimum absolute atomic E-state index is 0.250. The summed E-state index contributed by atoms with van der Waals surface area (Å²) in [7, 11) is 1.60. The van der Waals surface area contributed by atoms with Crippen LogP contribution in [0.15, 0.2) is 23.3 Å². The van der Waals surface area contributed by atoms with Crippen LogP contribution in [0.5, 0.6) is 5.88 Å². The van der Waals surface area contributed by atoms with Crippen LogP contribution in [0.1, 0.15) is 18.9 Å². The zero-order chi connectivity index (χ0) is 14.4. The van der Waals surface area contributed by atoms with Crippen LogP contribution in [0.3, 0.4) is 0 Å². The van der Waals surface area contributed by atoms with Gasteiger partial charge in [0.25, 0.3) is 0 Å². The van der Waals surface area contributed by atoms with Gasteiger partial charge in [0.1, 0.15) is 0 Å². The highest BCUT2D eigenvalue weighted by molar-refractivity contribution is 5.80. The molecule has 0 bridgehead atoms. The number of guanidine groups is 1. The molecule has 2 rings (SSSR count). The van der Waals surface area contributed by atoms with Crippen molar-refractivity contribution in [1.29, 1.82) is 0 Å². The van der Waals surface area contributed by atoms with Crippen LogP contribution in [-0.4, -0.2) is 53.8 Å². The number of likely N-dealkylation sites (tertiary alicyclic amines) is 1. The van der Waals surface area contributed by atoms with Crippen molar-refractivity contribution in [2.24, 2.45) is 4.99 Å². The van der Waals surface area contributed by atoms with Crippen LogP contribution in [0.2, 0.25) is 0 Å². The molecule has 1 aromatic heterocycles. The van der Waals surface area contributed by atoms with Crippen molar-refractivity contribution in [3.63, 3.8) is 0 Å². The monoisotopic (exact) mass is 278 g/mol. The molecule has 1 aliphatic rings. The van der Waals surface area contributed by atoms with Gasteiger partial charge < -0.3 is 20.1 Å². The van der Waals surface area contributed by atoms with E-state index in [0.717, 1.165) is 31.0 Å². The Balaban J connectivity index is 2.04. The maximum absolute atomic E-state index is 9.62. The number of aliphatic hydroxyl groups excluding tert-OH is 1. The van der Waals surface area contributed by atoms with Gasteiger partial charge in [-0.05, 0) is 25.0 Å². The van der Waals surface area contributed by atoms with Gasteiger partial charge in [0.05, 0.1) is 19.8 Å². The fourth-order valence-electron chi connectivity index (χ4n) is 2.19. The molecular weight excluding hydrogens is 256 g/mol. The molecule has 0 spiro atoms. The molecule has 20 heavy (non-hydrogen) atoms. The second kappa shape index (κ2) is 7.09. The summed E-state index contributed by atoms with van der Waals surface area (Å²) in [4.78, 5) is 10.8. The molecule has 2 N–H and O–H groups in total. The van der Waals surface area contributed by atoms with E-state index in [1.807, 2.05) is 19.1 Å². The quantitative estimate of drug-likeness (QED) is 0.624. The van der Waals surface area contributed by atoms with Crippen molar-refractivity contribution in [3.8, 4) is 5.88 Å². The number of methoxy groups -OCH3 is 1. The summed E-state index contributed by atoms with van der Waals surface area (Å²) < 4.78 is 5.10. The zero-order valence-electron chi connectivity index (χ0n) is 12.0. The summed E-state index contributed by atoms with van der Waals surface area (Å²) in [5.41, 5.74) is 1.05. The Morgan fingerprint density at radius 3 is 3.15 bits per heavy atom. The summed E-state index contributed by atoms with van der Waals surface area (Å²) in [5, 5.41) is 12.9. The lowest BCUT2D eigenvalue weighted by Crippen LogP contribution is -2.40. The number of nitrogens with one attached hydrogen (secondary N) is 1. The number of β-amino-alcohol motifs (C(OH)–C–C–N with tert-alkyl or cyclic N) is 1. The third-order valence-corrected chi connectivity index (χ3v) is 3.22. The molecule has 0 aromatic carbocycles. The maximum atomic E-state index is 9.62. The molecule has 6 heteroatoms. The van der Waals surface area contributed by atoms with E-state index in [0.29, 0.717) is 19.0 Å². The first-order chi connectivity index (χ1) is 9.72. The lowest BCUT2D eigenvalue weighted by atomic mass is 10.3. The number of aromatic nitrogens is 1. The fourth-order valence-corrected chi connectivity index (χ4v) is 2.19. The Morgan fingerprint density at radius 1 is 1.65 bits per heavy atom. The Labute approximate surface area is 119 Å². The number of pyridine rings is 1. The Kier molecular flexibility index (Phi) is 5.17. The molecule has 1 fully saturated rings. The number of ether oxygens (including phenoxy) is 1. The number of hydrogen-bond acceptors (Lipinski definition) is 4. The summed E-state index contributed by atoms with van der Waals surface area (Å²) in [6, 6.07) is 3.81. The minimum atomic E-state index is -0.250. The molecule has 1 aromatic rings. The lowest BCUT2D eigenvalue weighted by molar-refractivity contribution is 0.188. The molecule has 1 aliphatic heterocycles. The van der Waals surface area contributed by atoms with Gasteiger partial charge in [0, 0.05) is 31.9 Å². The SMILES string of the molecule is CCNC(=NCc1ccnc(OC)c1)N1CC[C@@H](O)C1. The number of aliphatic imine (C=N–C) groups is 1. The molecule has 0 unspecified atom stereocenters. The minimum Gasteiger partial charge on any atom is -0.481 e. The Morgan fingerprint density at radius 2 is 2.50 bits per heavy atom. The van der Waals surface area contributed by atoms with Gasteiger partial charge in [-0.25, -0.2) is 9.98 Å². The van der Waals surface area contributed by atoms with E-state index in [1.54, 1.807) is 13.3 Å². The molecule has 0 radical (unpaired) electrons. The van der Waals surface area contributed by atoms with Crippen LogP contribution in [0.25, 0.3) is 0 Å². The largest absolute Gasteiger partial charge is 0.481 e. The van der Waals surface area contributed by atoms with E-state index in [4.69, 9.17) is 4.74 Å². The smallest absolute Gasteiger partial charge is 0.213 e. The standard InChI is InChI=1S/C14H22N4O2/c1-3-15-14(18-7-5-12(19)10-18)17-9-11-4-6-16-13(8-11)20-2/h4,6,8,12,19H,3,5,7,9-10H2,1-2H3,(H,15,17)/t12-/m1/s1. The third kappa shape index (κ3) is 3.84. The normalized spacial score (nSPS) is 19.2. The highest BCUT2D eigenvalue weighted by Crippen LogP contribution is 2.12. The average Bonchev–Trinajstić information content (AvgIpc) is 2.90. The predicted molar refractivity (Wildman–Crippen MR) is 77.8 cm³/mol. The molecule has 1 saturated heterocycles. The number of nitrogens with zero attached hydrogens (tertiary/aromatic N) is 3. The molecule has 6 nitrogen and oxygen atoms in total. The van der Waals surface area contributed by atoms with Crippen molar-refractivity contribution in [1.82, 2.24) is 15.2 Å². The van der Waals surface area contributed by atoms with E-state index in [2.05, 4.69) is 20.2 Å². The van der Waals surface area contributed by atoms with Crippen LogP contribution in [-0.2, 0) is 6.54 Å². The maximum Gasteiger partial charge on any atom is 0.213 e. The number of hydrogen-bond donors (Lipinski definition) is 2. The van der Waals surface area contributed by atoms with Gasteiger partial charge in [0.15, 0.2) is 5.96 Å². The van der Waals surface area contributed by atoms with Gasteiger partial charge in [-0.15, -0.1) is 0 Å². The second-order valence-corrected chi connectivity index (χ2v) is 4.77. The first-order valence-corrected chi connectivity index (χ1v) is 6.93. The van der Waals surface area contributed by atoms with Gasteiger partial charge in [-0.1, -0.05) is 0 Å². The molecule has 2 heterocycles. The summed E-state index contributed by atoms with van der Waals surface area (Å²) in [6.45, 7) is 4.90. The Hall–Kier alpha value is -1.82. The molecule has 0 aliphatic carbocycles. The molecular formula is C14H22N4O2. The first-order valence-electron chi connectivity index (χ1n) is 6.93. The van der Waals surface area contributed by atoms with Crippen molar-refractivity contribution < 1.29 is 9.84 Å². The summed E-state index contributed by atoms with van der Waals surface area (Å²) >= 11 is 0. The molecule has 0 amide bonds. The van der Waals surface area contributed by atoms with Crippen LogP contribution in [0, 0.1) is 0 Å². The Bertz CT molecular complexity index is 464. The fraction of sp³-hybridized carbons (Fsp3) is 0.571. The van der Waals surface area contributed by atoms with Gasteiger partial charge in [-0.2, -0.15) is 0 Å². The first kappa shape index (κ1) is 14.6. The van der Waals surface area contributed by atoms with E-state index < -0.39 is 0 Å². The van der Waals surface area contributed by atoms with Crippen LogP contribution in [0.4, 0.5) is 0 Å². The van der Waals surface area contributed by atoms with E-state index in [1.165, 1.54) is 0 Å². The average molecular weight is 278 g/mol. The summed E-state index contributed by atoms with van der Waals surface area (Å²) in [5.74, 6) is 1.44. The molecule has 0 saturated carbocycles. The van der Waals surface area contributed by atoms with Crippen molar-refractivity contribution >= 4 is 5.96 Å². The third-order valence-electron chi connectivity index (χ3n) is 3.22. The highest BCUT2D eigenvalue weighted by atomic mass is 16.5. The van der Waals surface area contributed by atoms with Crippen molar-refractivity contribution in [2.75, 3.05) is 26.7 Å². The number of rotatable bonds is 4. The lowest BCUT2D eigenvalue weighted by Gasteiger charge is -2.20. The molecule has 1 atom stereocenters. The highest BCUT2D eigenvalue weighted by Gasteiger charge is 2.22. The van der Waals surface area contributed by atoms with Crippen LogP contribution < -0.4 is 10.1 Å². The van der Waals surface area contributed by atoms with E-state index in [-0.39, 0.29) is 6.10 Å². The van der Waals surface area contributed by atoms with E-state index >= 15 is 0 Å². The number of aliphatic hydroxyl groups is 1. The topological polar surface area (TPSA) is 70.0 Å². The van der Waals surface area contributed by atoms with Gasteiger partial charge in [-0.3, -0.25) is 0 Å². The van der Waals surface area contributed by atoms with Crippen molar-refractivity contribution in [3.05, 3.63) is 23.9 Å². The van der Waals surface area contributed by atoms with Gasteiger partial charge >= 0.3 is 0 Å². The van der Waals surface area contributed by atoms with Crippen LogP contribution >= 0.6 is 0 Å². The molecule has 110 valence electrons. The predicted octanol–water partition coefficient (Wildman–Crippen LogP) is 0.622. The summed E-state index contributed by atoms with van der Waals surface area (Å²) in [6.07, 6.45) is 2.27. The van der Waals surface area contributed by atoms with Gasteiger partial charge in [0.2, 0.25) is 5.88 Å². The van der Waals surface area contributed by atoms with E-state index in [9.17, 15) is 5.11 Å². The van der Waals surface area contributed by atoms with Crippen molar-refractivity contribution in [2.45, 2.75) is 26.0 Å².